The number of likely N-dealkylation sites (N-methyl/N-ethyl adjacent to an activating group) is 1. The first-order valence-electron chi connectivity index (χ1n) is 4.45. The van der Waals surface area contributed by atoms with Gasteiger partial charge in [0.15, 0.2) is 0 Å². The lowest BCUT2D eigenvalue weighted by molar-refractivity contribution is 0.248. The Bertz CT molecular complexity index is 277. The Morgan fingerprint density at radius 1 is 1.21 bits per heavy atom. The Morgan fingerprint density at radius 2 is 1.79 bits per heavy atom. The first-order valence-corrected chi connectivity index (χ1v) is 4.45. The second-order valence-electron chi connectivity index (χ2n) is 3.23. The summed E-state index contributed by atoms with van der Waals surface area (Å²) in [6, 6.07) is 4.35. The van der Waals surface area contributed by atoms with Gasteiger partial charge in [0.05, 0.1) is 6.61 Å². The fourth-order valence-corrected chi connectivity index (χ4v) is 1.32. The second-order valence-corrected chi connectivity index (χ2v) is 3.23. The molecule has 0 bridgehead atoms. The minimum atomic E-state index is -0.0591. The number of phenols is 2. The Balaban J connectivity index is 2.75. The normalized spacial score (nSPS) is 12.7. The summed E-state index contributed by atoms with van der Waals surface area (Å²) in [5, 5.41) is 30.3. The van der Waals surface area contributed by atoms with Crippen molar-refractivity contribution in [2.45, 2.75) is 12.5 Å². The average Bonchev–Trinajstić information content (AvgIpc) is 2.12. The highest BCUT2D eigenvalue weighted by Crippen LogP contribution is 2.21. The monoisotopic (exact) mass is 197 g/mol. The first-order chi connectivity index (χ1) is 6.65. The third kappa shape index (κ3) is 2.90. The largest absolute Gasteiger partial charge is 0.508 e. The summed E-state index contributed by atoms with van der Waals surface area (Å²) in [7, 11) is 1.75. The van der Waals surface area contributed by atoms with Crippen LogP contribution in [-0.2, 0) is 6.42 Å². The molecule has 0 saturated heterocycles. The lowest BCUT2D eigenvalue weighted by Crippen LogP contribution is -2.31. The molecule has 1 atom stereocenters. The molecule has 0 aliphatic heterocycles. The fourth-order valence-electron chi connectivity index (χ4n) is 1.32. The summed E-state index contributed by atoms with van der Waals surface area (Å²) >= 11 is 0. The predicted octanol–water partition coefficient (Wildman–Crippen LogP) is 0.221. The van der Waals surface area contributed by atoms with Crippen molar-refractivity contribution < 1.29 is 15.3 Å². The van der Waals surface area contributed by atoms with E-state index in [-0.39, 0.29) is 24.1 Å². The maximum absolute atomic E-state index is 9.21. The van der Waals surface area contributed by atoms with E-state index in [0.29, 0.717) is 6.42 Å². The SMILES string of the molecule is CNC(CO)Cc1cc(O)cc(O)c1. The minimum Gasteiger partial charge on any atom is -0.508 e. The van der Waals surface area contributed by atoms with Gasteiger partial charge in [-0.05, 0) is 31.2 Å². The van der Waals surface area contributed by atoms with E-state index in [9.17, 15) is 10.2 Å². The van der Waals surface area contributed by atoms with Gasteiger partial charge in [-0.25, -0.2) is 0 Å². The number of hydrogen-bond donors (Lipinski definition) is 4. The van der Waals surface area contributed by atoms with Gasteiger partial charge in [0.2, 0.25) is 0 Å². The molecule has 0 spiro atoms. The maximum atomic E-state index is 9.21. The van der Waals surface area contributed by atoms with Crippen molar-refractivity contribution >= 4 is 0 Å². The van der Waals surface area contributed by atoms with Crippen molar-refractivity contribution in [1.82, 2.24) is 5.32 Å². The molecule has 0 fully saturated rings. The lowest BCUT2D eigenvalue weighted by Gasteiger charge is -2.13. The van der Waals surface area contributed by atoms with Gasteiger partial charge in [-0.15, -0.1) is 0 Å². The fraction of sp³-hybridized carbons (Fsp3) is 0.400. The molecule has 14 heavy (non-hydrogen) atoms. The molecule has 4 heteroatoms. The van der Waals surface area contributed by atoms with E-state index >= 15 is 0 Å². The standard InChI is InChI=1S/C10H15NO3/c1-11-8(6-12)2-7-3-9(13)5-10(14)4-7/h3-5,8,11-14H,2,6H2,1H3. The van der Waals surface area contributed by atoms with Crippen LogP contribution in [0.2, 0.25) is 0 Å². The highest BCUT2D eigenvalue weighted by atomic mass is 16.3. The van der Waals surface area contributed by atoms with Crippen LogP contribution < -0.4 is 5.32 Å². The third-order valence-corrected chi connectivity index (χ3v) is 2.07. The quantitative estimate of drug-likeness (QED) is 0.557. The first kappa shape index (κ1) is 10.8. The zero-order chi connectivity index (χ0) is 10.6. The number of hydrogen-bond acceptors (Lipinski definition) is 4. The summed E-state index contributed by atoms with van der Waals surface area (Å²) < 4.78 is 0. The summed E-state index contributed by atoms with van der Waals surface area (Å²) in [6.07, 6.45) is 0.564. The molecule has 0 amide bonds. The number of phenolic OH excluding ortho intramolecular Hbond substituents is 2. The zero-order valence-electron chi connectivity index (χ0n) is 8.07. The predicted molar refractivity (Wildman–Crippen MR) is 53.4 cm³/mol. The van der Waals surface area contributed by atoms with Crippen molar-refractivity contribution in [3.8, 4) is 11.5 Å². The summed E-state index contributed by atoms with van der Waals surface area (Å²) in [6.45, 7) is 0.0208. The van der Waals surface area contributed by atoms with Crippen LogP contribution in [0.1, 0.15) is 5.56 Å². The van der Waals surface area contributed by atoms with Crippen LogP contribution in [-0.4, -0.2) is 35.0 Å². The van der Waals surface area contributed by atoms with Gasteiger partial charge in [0, 0.05) is 12.1 Å². The van der Waals surface area contributed by atoms with Crippen LogP contribution in [0.3, 0.4) is 0 Å². The number of aliphatic hydroxyl groups excluding tert-OH is 1. The number of nitrogens with one attached hydrogen (secondary N) is 1. The second kappa shape index (κ2) is 4.83. The molecular formula is C10H15NO3. The average molecular weight is 197 g/mol. The summed E-state index contributed by atoms with van der Waals surface area (Å²) in [4.78, 5) is 0. The topological polar surface area (TPSA) is 72.7 Å². The van der Waals surface area contributed by atoms with Crippen molar-refractivity contribution in [2.75, 3.05) is 13.7 Å². The van der Waals surface area contributed by atoms with Crippen LogP contribution >= 0.6 is 0 Å². The molecule has 4 N–H and O–H groups in total. The van der Waals surface area contributed by atoms with Gasteiger partial charge in [-0.1, -0.05) is 0 Å². The van der Waals surface area contributed by atoms with E-state index in [0.717, 1.165) is 5.56 Å². The summed E-state index contributed by atoms with van der Waals surface area (Å²) in [5.74, 6) is 0.0700. The number of benzene rings is 1. The van der Waals surface area contributed by atoms with Crippen molar-refractivity contribution in [3.05, 3.63) is 23.8 Å². The highest BCUT2D eigenvalue weighted by molar-refractivity contribution is 5.36. The van der Waals surface area contributed by atoms with Crippen LogP contribution in [0.25, 0.3) is 0 Å². The molecule has 1 aromatic rings. The minimum absolute atomic E-state index is 0.0208. The van der Waals surface area contributed by atoms with Crippen molar-refractivity contribution in [3.63, 3.8) is 0 Å². The van der Waals surface area contributed by atoms with E-state index < -0.39 is 0 Å². The highest BCUT2D eigenvalue weighted by Gasteiger charge is 2.07. The van der Waals surface area contributed by atoms with Gasteiger partial charge in [-0.3, -0.25) is 0 Å². The van der Waals surface area contributed by atoms with Crippen LogP contribution in [0.5, 0.6) is 11.5 Å². The molecule has 0 aliphatic rings. The van der Waals surface area contributed by atoms with E-state index in [1.54, 1.807) is 19.2 Å². The number of aliphatic hydroxyl groups is 1. The van der Waals surface area contributed by atoms with E-state index in [1.165, 1.54) is 6.07 Å². The van der Waals surface area contributed by atoms with E-state index in [1.807, 2.05) is 0 Å². The number of rotatable bonds is 4. The van der Waals surface area contributed by atoms with Gasteiger partial charge in [0.25, 0.3) is 0 Å². The maximum Gasteiger partial charge on any atom is 0.119 e. The Morgan fingerprint density at radius 3 is 2.21 bits per heavy atom. The smallest absolute Gasteiger partial charge is 0.119 e. The molecule has 0 saturated carbocycles. The lowest BCUT2D eigenvalue weighted by atomic mass is 10.1. The summed E-state index contributed by atoms with van der Waals surface area (Å²) in [5.41, 5.74) is 0.788. The van der Waals surface area contributed by atoms with E-state index in [2.05, 4.69) is 5.32 Å². The van der Waals surface area contributed by atoms with E-state index in [4.69, 9.17) is 5.11 Å². The molecule has 1 rings (SSSR count). The molecule has 1 unspecified atom stereocenters. The zero-order valence-corrected chi connectivity index (χ0v) is 8.07. The van der Waals surface area contributed by atoms with Crippen LogP contribution in [0.4, 0.5) is 0 Å². The molecule has 78 valence electrons. The van der Waals surface area contributed by atoms with Gasteiger partial charge >= 0.3 is 0 Å². The molecule has 4 nitrogen and oxygen atoms in total. The van der Waals surface area contributed by atoms with Gasteiger partial charge in [0.1, 0.15) is 11.5 Å². The molecule has 0 radical (unpaired) electrons. The Labute approximate surface area is 82.8 Å². The van der Waals surface area contributed by atoms with Crippen molar-refractivity contribution in [1.29, 1.82) is 0 Å². The molecule has 0 aliphatic carbocycles. The third-order valence-electron chi connectivity index (χ3n) is 2.07. The molecule has 0 heterocycles. The Hall–Kier alpha value is -1.26. The molecular weight excluding hydrogens is 182 g/mol. The van der Waals surface area contributed by atoms with Gasteiger partial charge < -0.3 is 20.6 Å². The Kier molecular flexibility index (Phi) is 3.73. The van der Waals surface area contributed by atoms with Gasteiger partial charge in [-0.2, -0.15) is 0 Å². The van der Waals surface area contributed by atoms with Crippen molar-refractivity contribution in [2.24, 2.45) is 0 Å². The van der Waals surface area contributed by atoms with Crippen LogP contribution in [0, 0.1) is 0 Å². The van der Waals surface area contributed by atoms with Crippen LogP contribution in [0.15, 0.2) is 18.2 Å². The number of aromatic hydroxyl groups is 2. The molecule has 0 aromatic heterocycles. The molecule has 1 aromatic carbocycles.